The quantitative estimate of drug-likeness (QED) is 0.466. The summed E-state index contributed by atoms with van der Waals surface area (Å²) >= 11 is 0. The Morgan fingerprint density at radius 2 is 1.78 bits per heavy atom. The van der Waals surface area contributed by atoms with Crippen molar-refractivity contribution in [1.29, 1.82) is 0 Å². The Labute approximate surface area is 213 Å². The lowest BCUT2D eigenvalue weighted by molar-refractivity contribution is 0.105. The van der Waals surface area contributed by atoms with Gasteiger partial charge >= 0.3 is 6.09 Å². The standard InChI is InChI=1S/C29H36N2O5/c1-6-31(7-2)12-13-35-21-9-11-23-24(18-21)29(3,4)25-17-19-16-20(30-28(33)36-15-14-34-5)8-10-22(19)26(25)27(23)32/h8-11,16,18H,6-7,12-15,17H2,1-5H3,(H,30,33). The molecule has 0 aromatic heterocycles. The fourth-order valence-electron chi connectivity index (χ4n) is 5.13. The number of amides is 1. The van der Waals surface area contributed by atoms with Crippen molar-refractivity contribution < 1.29 is 23.8 Å². The molecule has 2 aliphatic rings. The molecule has 36 heavy (non-hydrogen) atoms. The van der Waals surface area contributed by atoms with Crippen LogP contribution in [0.15, 0.2) is 42.0 Å². The smallest absolute Gasteiger partial charge is 0.411 e. The maximum Gasteiger partial charge on any atom is 0.411 e. The number of ether oxygens (including phenoxy) is 3. The monoisotopic (exact) mass is 492 g/mol. The summed E-state index contributed by atoms with van der Waals surface area (Å²) in [5.74, 6) is 0.840. The van der Waals surface area contributed by atoms with Crippen molar-refractivity contribution in [1.82, 2.24) is 4.90 Å². The van der Waals surface area contributed by atoms with Crippen molar-refractivity contribution in [2.75, 3.05) is 51.9 Å². The minimum absolute atomic E-state index is 0.0486. The third kappa shape index (κ3) is 5.04. The molecule has 7 heteroatoms. The molecule has 2 aromatic rings. The number of fused-ring (bicyclic) bond motifs is 3. The number of likely N-dealkylation sites (N-methyl/N-ethyl adjacent to an activating group) is 1. The van der Waals surface area contributed by atoms with E-state index < -0.39 is 6.09 Å². The van der Waals surface area contributed by atoms with E-state index in [1.807, 2.05) is 36.4 Å². The van der Waals surface area contributed by atoms with E-state index in [0.717, 1.165) is 58.8 Å². The number of Topliss-reactive ketones (excluding diaryl/α,β-unsaturated/α-hetero) is 1. The summed E-state index contributed by atoms with van der Waals surface area (Å²) in [5, 5.41) is 2.76. The van der Waals surface area contributed by atoms with Gasteiger partial charge in [0, 0.05) is 35.9 Å². The molecule has 0 unspecified atom stereocenters. The van der Waals surface area contributed by atoms with Crippen LogP contribution in [0.3, 0.4) is 0 Å². The summed E-state index contributed by atoms with van der Waals surface area (Å²) in [6.45, 7) is 12.6. The number of nitrogens with one attached hydrogen (secondary N) is 1. The van der Waals surface area contributed by atoms with Crippen LogP contribution in [0.5, 0.6) is 5.75 Å². The lowest BCUT2D eigenvalue weighted by Crippen LogP contribution is -2.30. The van der Waals surface area contributed by atoms with Crippen molar-refractivity contribution >= 4 is 23.1 Å². The fourth-order valence-corrected chi connectivity index (χ4v) is 5.13. The van der Waals surface area contributed by atoms with Gasteiger partial charge in [-0.3, -0.25) is 10.1 Å². The number of rotatable bonds is 10. The molecule has 0 saturated heterocycles. The summed E-state index contributed by atoms with van der Waals surface area (Å²) in [6, 6.07) is 11.5. The van der Waals surface area contributed by atoms with E-state index >= 15 is 0 Å². The van der Waals surface area contributed by atoms with Gasteiger partial charge in [-0.25, -0.2) is 4.79 Å². The highest BCUT2D eigenvalue weighted by Gasteiger charge is 2.43. The molecule has 192 valence electrons. The first kappa shape index (κ1) is 25.9. The average molecular weight is 493 g/mol. The molecule has 0 aliphatic heterocycles. The maximum atomic E-state index is 13.6. The van der Waals surface area contributed by atoms with Crippen LogP contribution in [-0.4, -0.2) is 63.3 Å². The highest BCUT2D eigenvalue weighted by molar-refractivity contribution is 6.33. The second-order valence-corrected chi connectivity index (χ2v) is 9.69. The van der Waals surface area contributed by atoms with Gasteiger partial charge in [-0.2, -0.15) is 0 Å². The molecule has 0 bridgehead atoms. The lowest BCUT2D eigenvalue weighted by atomic mass is 9.68. The second-order valence-electron chi connectivity index (χ2n) is 9.69. The Morgan fingerprint density at radius 3 is 2.50 bits per heavy atom. The van der Waals surface area contributed by atoms with Crippen molar-refractivity contribution in [3.05, 3.63) is 64.2 Å². The summed E-state index contributed by atoms with van der Waals surface area (Å²) in [4.78, 5) is 28.0. The van der Waals surface area contributed by atoms with Crippen LogP contribution >= 0.6 is 0 Å². The van der Waals surface area contributed by atoms with Gasteiger partial charge in [0.05, 0.1) is 6.61 Å². The molecular formula is C29H36N2O5. The molecule has 2 aliphatic carbocycles. The Balaban J connectivity index is 1.53. The van der Waals surface area contributed by atoms with Gasteiger partial charge in [0.1, 0.15) is 19.0 Å². The van der Waals surface area contributed by atoms with Gasteiger partial charge < -0.3 is 19.1 Å². The zero-order valence-electron chi connectivity index (χ0n) is 21.9. The Bertz CT molecular complexity index is 1180. The minimum atomic E-state index is -0.528. The second kappa shape index (κ2) is 10.8. The Morgan fingerprint density at radius 1 is 1.03 bits per heavy atom. The van der Waals surface area contributed by atoms with E-state index in [1.54, 1.807) is 7.11 Å². The minimum Gasteiger partial charge on any atom is -0.492 e. The van der Waals surface area contributed by atoms with Crippen LogP contribution in [0.25, 0.3) is 5.57 Å². The summed E-state index contributed by atoms with van der Waals surface area (Å²) in [5.41, 5.74) is 5.89. The molecule has 0 spiro atoms. The molecule has 2 aromatic carbocycles. The predicted octanol–water partition coefficient (Wildman–Crippen LogP) is 5.09. The third-order valence-electron chi connectivity index (χ3n) is 7.27. The fraction of sp³-hybridized carbons (Fsp3) is 0.448. The molecular weight excluding hydrogens is 456 g/mol. The molecule has 0 radical (unpaired) electrons. The maximum absolute atomic E-state index is 13.6. The number of carbonyl (C=O) groups is 2. The van der Waals surface area contributed by atoms with Crippen molar-refractivity contribution in [3.63, 3.8) is 0 Å². The first-order valence-electron chi connectivity index (χ1n) is 12.6. The zero-order valence-corrected chi connectivity index (χ0v) is 21.9. The molecule has 0 fully saturated rings. The van der Waals surface area contributed by atoms with Crippen molar-refractivity contribution in [3.8, 4) is 5.75 Å². The third-order valence-corrected chi connectivity index (χ3v) is 7.27. The van der Waals surface area contributed by atoms with Gasteiger partial charge in [0.2, 0.25) is 0 Å². The molecule has 1 N–H and O–H groups in total. The lowest BCUT2D eigenvalue weighted by Gasteiger charge is -2.34. The number of hydrogen-bond acceptors (Lipinski definition) is 6. The summed E-state index contributed by atoms with van der Waals surface area (Å²) in [6.07, 6.45) is 0.129. The van der Waals surface area contributed by atoms with Crippen LogP contribution in [0.1, 0.15) is 54.7 Å². The predicted molar refractivity (Wildman–Crippen MR) is 141 cm³/mol. The number of methoxy groups -OCH3 is 1. The van der Waals surface area contributed by atoms with E-state index in [9.17, 15) is 9.59 Å². The molecule has 0 saturated carbocycles. The molecule has 1 amide bonds. The number of hydrogen-bond donors (Lipinski definition) is 1. The highest BCUT2D eigenvalue weighted by Crippen LogP contribution is 2.50. The van der Waals surface area contributed by atoms with Crippen LogP contribution in [0.2, 0.25) is 0 Å². The van der Waals surface area contributed by atoms with Crippen molar-refractivity contribution in [2.24, 2.45) is 0 Å². The topological polar surface area (TPSA) is 77.1 Å². The van der Waals surface area contributed by atoms with Crippen molar-refractivity contribution in [2.45, 2.75) is 39.5 Å². The Hall–Kier alpha value is -3.16. The van der Waals surface area contributed by atoms with Crippen LogP contribution in [0, 0.1) is 0 Å². The number of anilines is 1. The first-order valence-corrected chi connectivity index (χ1v) is 12.6. The molecule has 4 rings (SSSR count). The SMILES string of the molecule is CCN(CC)CCOc1ccc2c(c1)C(C)(C)C1=C(C2=O)c2ccc(NC(=O)OCCOC)cc2C1. The van der Waals surface area contributed by atoms with Crippen LogP contribution in [-0.2, 0) is 21.3 Å². The number of benzene rings is 2. The number of allylic oxidation sites excluding steroid dienone is 2. The van der Waals surface area contributed by atoms with E-state index in [-0.39, 0.29) is 17.8 Å². The molecule has 0 atom stereocenters. The zero-order chi connectivity index (χ0) is 25.9. The van der Waals surface area contributed by atoms with E-state index in [1.165, 1.54) is 0 Å². The molecule has 0 heterocycles. The first-order chi connectivity index (χ1) is 17.3. The van der Waals surface area contributed by atoms with Gasteiger partial charge in [0.15, 0.2) is 5.78 Å². The van der Waals surface area contributed by atoms with E-state index in [4.69, 9.17) is 14.2 Å². The van der Waals surface area contributed by atoms with Gasteiger partial charge in [-0.15, -0.1) is 0 Å². The normalized spacial score (nSPS) is 15.4. The van der Waals surface area contributed by atoms with E-state index in [0.29, 0.717) is 25.3 Å². The largest absolute Gasteiger partial charge is 0.492 e. The summed E-state index contributed by atoms with van der Waals surface area (Å²) < 4.78 is 16.1. The summed E-state index contributed by atoms with van der Waals surface area (Å²) in [7, 11) is 1.55. The number of nitrogens with zero attached hydrogens (tertiary/aromatic N) is 1. The molecule has 7 nitrogen and oxygen atoms in total. The number of carbonyl (C=O) groups excluding carboxylic acids is 2. The Kier molecular flexibility index (Phi) is 7.81. The van der Waals surface area contributed by atoms with Gasteiger partial charge in [-0.05, 0) is 72.1 Å². The number of ketones is 1. The van der Waals surface area contributed by atoms with Gasteiger partial charge in [-0.1, -0.05) is 33.8 Å². The van der Waals surface area contributed by atoms with Crippen LogP contribution < -0.4 is 10.1 Å². The average Bonchev–Trinajstić information content (AvgIpc) is 3.26. The highest BCUT2D eigenvalue weighted by atomic mass is 16.6. The van der Waals surface area contributed by atoms with E-state index in [2.05, 4.69) is 37.9 Å². The van der Waals surface area contributed by atoms with Crippen LogP contribution in [0.4, 0.5) is 10.5 Å². The van der Waals surface area contributed by atoms with Gasteiger partial charge in [0.25, 0.3) is 0 Å².